The van der Waals surface area contributed by atoms with E-state index in [0.29, 0.717) is 23.1 Å². The molecule has 1 N–H and O–H groups in total. The summed E-state index contributed by atoms with van der Waals surface area (Å²) in [5.74, 6) is 2.36. The molecule has 0 fully saturated rings. The smallest absolute Gasteiger partial charge is 0.250 e. The SMILES string of the molecule is COc1ccc2c(c1)C=Nc1c(Nc3cccc(-c4ccccc4)c3)ncnc1O2. The molecule has 0 radical (unpaired) electrons. The zero-order valence-electron chi connectivity index (χ0n) is 16.2. The van der Waals surface area contributed by atoms with Gasteiger partial charge in [0, 0.05) is 17.5 Å². The molecule has 0 bridgehead atoms. The standard InChI is InChI=1S/C24H18N4O2/c1-29-20-10-11-21-18(13-20)14-25-22-23(26-15-27-24(22)30-21)28-19-9-5-8-17(12-19)16-6-3-2-4-7-16/h2-15H,1H3,(H,26,27,28). The molecule has 1 aliphatic rings. The molecule has 0 spiro atoms. The van der Waals surface area contributed by atoms with Gasteiger partial charge in [-0.2, -0.15) is 4.98 Å². The highest BCUT2D eigenvalue weighted by Gasteiger charge is 2.18. The fraction of sp³-hybridized carbons (Fsp3) is 0.0417. The number of fused-ring (bicyclic) bond motifs is 2. The van der Waals surface area contributed by atoms with Gasteiger partial charge < -0.3 is 14.8 Å². The third-order valence-electron chi connectivity index (χ3n) is 4.78. The number of benzene rings is 3. The number of hydrogen-bond donors (Lipinski definition) is 1. The number of ether oxygens (including phenoxy) is 2. The topological polar surface area (TPSA) is 68.6 Å². The molecule has 6 nitrogen and oxygen atoms in total. The summed E-state index contributed by atoms with van der Waals surface area (Å²) in [6, 6.07) is 23.9. The Bertz CT molecular complexity index is 1240. The number of nitrogens with one attached hydrogen (secondary N) is 1. The summed E-state index contributed by atoms with van der Waals surface area (Å²) in [5.41, 5.74) is 4.51. The maximum atomic E-state index is 6.00. The Morgan fingerprint density at radius 1 is 0.867 bits per heavy atom. The molecule has 1 aromatic heterocycles. The van der Waals surface area contributed by atoms with Crippen LogP contribution in [0.5, 0.6) is 17.4 Å². The molecule has 4 aromatic rings. The Kier molecular flexibility index (Phi) is 4.57. The predicted octanol–water partition coefficient (Wildman–Crippen LogP) is 5.75. The van der Waals surface area contributed by atoms with Gasteiger partial charge in [-0.05, 0) is 41.5 Å². The third-order valence-corrected chi connectivity index (χ3v) is 4.78. The Balaban J connectivity index is 1.49. The maximum absolute atomic E-state index is 6.00. The van der Waals surface area contributed by atoms with Gasteiger partial charge in [0.25, 0.3) is 5.88 Å². The van der Waals surface area contributed by atoms with Crippen LogP contribution in [-0.2, 0) is 0 Å². The van der Waals surface area contributed by atoms with Crippen LogP contribution in [0.2, 0.25) is 0 Å². The third kappa shape index (κ3) is 3.46. The summed E-state index contributed by atoms with van der Waals surface area (Å²) < 4.78 is 11.3. The van der Waals surface area contributed by atoms with Gasteiger partial charge in [0.2, 0.25) is 0 Å². The molecule has 0 saturated carbocycles. The lowest BCUT2D eigenvalue weighted by Gasteiger charge is -2.12. The molecule has 5 rings (SSSR count). The van der Waals surface area contributed by atoms with Crippen LogP contribution in [0.15, 0.2) is 84.1 Å². The first kappa shape index (κ1) is 17.9. The van der Waals surface area contributed by atoms with Gasteiger partial charge in [-0.1, -0.05) is 42.5 Å². The Morgan fingerprint density at radius 2 is 1.73 bits per heavy atom. The van der Waals surface area contributed by atoms with Crippen LogP contribution >= 0.6 is 0 Å². The van der Waals surface area contributed by atoms with E-state index in [9.17, 15) is 0 Å². The Morgan fingerprint density at radius 3 is 2.60 bits per heavy atom. The Hall–Kier alpha value is -4.19. The molecule has 0 atom stereocenters. The van der Waals surface area contributed by atoms with Gasteiger partial charge in [0.05, 0.1) is 7.11 Å². The van der Waals surface area contributed by atoms with Crippen LogP contribution in [0.1, 0.15) is 5.56 Å². The van der Waals surface area contributed by atoms with Gasteiger partial charge in [0.1, 0.15) is 17.8 Å². The number of hydrogen-bond acceptors (Lipinski definition) is 6. The predicted molar refractivity (Wildman–Crippen MR) is 118 cm³/mol. The lowest BCUT2D eigenvalue weighted by Crippen LogP contribution is -1.97. The second-order valence-electron chi connectivity index (χ2n) is 6.71. The average molecular weight is 394 g/mol. The molecular weight excluding hydrogens is 376 g/mol. The van der Waals surface area contributed by atoms with Crippen molar-refractivity contribution in [2.24, 2.45) is 4.99 Å². The minimum absolute atomic E-state index is 0.395. The lowest BCUT2D eigenvalue weighted by molar-refractivity contribution is 0.412. The van der Waals surface area contributed by atoms with E-state index in [2.05, 4.69) is 44.5 Å². The normalized spacial score (nSPS) is 11.6. The molecule has 0 saturated heterocycles. The van der Waals surface area contributed by atoms with Crippen molar-refractivity contribution < 1.29 is 9.47 Å². The molecule has 0 unspecified atom stereocenters. The van der Waals surface area contributed by atoms with E-state index in [4.69, 9.17) is 9.47 Å². The van der Waals surface area contributed by atoms with Crippen molar-refractivity contribution in [1.29, 1.82) is 0 Å². The van der Waals surface area contributed by atoms with Gasteiger partial charge in [0.15, 0.2) is 11.5 Å². The van der Waals surface area contributed by atoms with Crippen LogP contribution in [0, 0.1) is 0 Å². The number of aromatic nitrogens is 2. The zero-order valence-corrected chi connectivity index (χ0v) is 16.2. The largest absolute Gasteiger partial charge is 0.497 e. The van der Waals surface area contributed by atoms with Gasteiger partial charge in [-0.15, -0.1) is 0 Å². The first-order chi connectivity index (χ1) is 14.8. The van der Waals surface area contributed by atoms with E-state index >= 15 is 0 Å². The number of aliphatic imine (C=N–C) groups is 1. The summed E-state index contributed by atoms with van der Waals surface area (Å²) in [6.45, 7) is 0. The van der Waals surface area contributed by atoms with E-state index < -0.39 is 0 Å². The molecule has 0 amide bonds. The number of methoxy groups -OCH3 is 1. The number of nitrogens with zero attached hydrogens (tertiary/aromatic N) is 3. The lowest BCUT2D eigenvalue weighted by atomic mass is 10.1. The number of anilines is 2. The van der Waals surface area contributed by atoms with Gasteiger partial charge in [-0.25, -0.2) is 9.98 Å². The highest BCUT2D eigenvalue weighted by Crippen LogP contribution is 2.40. The van der Waals surface area contributed by atoms with Gasteiger partial charge in [-0.3, -0.25) is 0 Å². The van der Waals surface area contributed by atoms with E-state index in [1.165, 1.54) is 6.33 Å². The van der Waals surface area contributed by atoms with Crippen molar-refractivity contribution in [3.05, 3.63) is 84.7 Å². The molecule has 0 aliphatic carbocycles. The molecule has 146 valence electrons. The second kappa shape index (κ2) is 7.67. The second-order valence-corrected chi connectivity index (χ2v) is 6.71. The van der Waals surface area contributed by atoms with Crippen molar-refractivity contribution in [2.45, 2.75) is 0 Å². The highest BCUT2D eigenvalue weighted by molar-refractivity contribution is 5.90. The van der Waals surface area contributed by atoms with Crippen molar-refractivity contribution in [3.8, 4) is 28.5 Å². The van der Waals surface area contributed by atoms with Crippen molar-refractivity contribution in [3.63, 3.8) is 0 Å². The summed E-state index contributed by atoms with van der Waals surface area (Å²) in [7, 11) is 1.63. The summed E-state index contributed by atoms with van der Waals surface area (Å²) in [4.78, 5) is 13.2. The molecule has 1 aliphatic heterocycles. The molecular formula is C24H18N4O2. The minimum Gasteiger partial charge on any atom is -0.497 e. The summed E-state index contributed by atoms with van der Waals surface area (Å²) >= 11 is 0. The highest BCUT2D eigenvalue weighted by atomic mass is 16.5. The fourth-order valence-corrected chi connectivity index (χ4v) is 3.27. The number of rotatable bonds is 4. The molecule has 30 heavy (non-hydrogen) atoms. The Labute approximate surface area is 173 Å². The van der Waals surface area contributed by atoms with E-state index in [1.54, 1.807) is 13.3 Å². The van der Waals surface area contributed by atoms with Crippen molar-refractivity contribution in [2.75, 3.05) is 12.4 Å². The summed E-state index contributed by atoms with van der Waals surface area (Å²) in [6.07, 6.45) is 3.20. The van der Waals surface area contributed by atoms with Crippen LogP contribution in [-0.4, -0.2) is 23.3 Å². The zero-order chi connectivity index (χ0) is 20.3. The van der Waals surface area contributed by atoms with E-state index in [0.717, 1.165) is 28.1 Å². The fourth-order valence-electron chi connectivity index (χ4n) is 3.27. The van der Waals surface area contributed by atoms with Crippen LogP contribution in [0.25, 0.3) is 11.1 Å². The minimum atomic E-state index is 0.395. The first-order valence-electron chi connectivity index (χ1n) is 9.47. The molecule has 3 aromatic carbocycles. The molecule has 2 heterocycles. The quantitative estimate of drug-likeness (QED) is 0.420. The van der Waals surface area contributed by atoms with E-state index in [1.807, 2.05) is 48.5 Å². The van der Waals surface area contributed by atoms with Crippen molar-refractivity contribution >= 4 is 23.4 Å². The van der Waals surface area contributed by atoms with E-state index in [-0.39, 0.29) is 0 Å². The molecule has 6 heteroatoms. The van der Waals surface area contributed by atoms with Gasteiger partial charge >= 0.3 is 0 Å². The average Bonchev–Trinajstić information content (AvgIpc) is 2.99. The van der Waals surface area contributed by atoms with Crippen molar-refractivity contribution in [1.82, 2.24) is 9.97 Å². The summed E-state index contributed by atoms with van der Waals surface area (Å²) in [5, 5.41) is 3.35. The van der Waals surface area contributed by atoms with Crippen LogP contribution in [0.3, 0.4) is 0 Å². The van der Waals surface area contributed by atoms with Crippen LogP contribution < -0.4 is 14.8 Å². The monoisotopic (exact) mass is 394 g/mol. The maximum Gasteiger partial charge on any atom is 0.250 e. The first-order valence-corrected chi connectivity index (χ1v) is 9.47. The van der Waals surface area contributed by atoms with Crippen LogP contribution in [0.4, 0.5) is 17.2 Å².